The van der Waals surface area contributed by atoms with Crippen molar-refractivity contribution in [2.45, 2.75) is 25.8 Å². The van der Waals surface area contributed by atoms with Crippen molar-refractivity contribution in [1.29, 1.82) is 0 Å². The predicted octanol–water partition coefficient (Wildman–Crippen LogP) is 1.76. The highest BCUT2D eigenvalue weighted by atomic mass is 16.5. The van der Waals surface area contributed by atoms with Crippen molar-refractivity contribution in [2.24, 2.45) is 9.98 Å². The number of aryl methyl sites for hydroxylation is 1. The van der Waals surface area contributed by atoms with Gasteiger partial charge in [0.15, 0.2) is 11.7 Å². The highest BCUT2D eigenvalue weighted by Crippen LogP contribution is 2.18. The molecule has 1 unspecified atom stereocenters. The third-order valence-electron chi connectivity index (χ3n) is 5.41. The Hall–Kier alpha value is -2.83. The van der Waals surface area contributed by atoms with E-state index in [4.69, 9.17) is 9.73 Å². The fourth-order valence-corrected chi connectivity index (χ4v) is 3.88. The van der Waals surface area contributed by atoms with Gasteiger partial charge in [0, 0.05) is 51.5 Å². The number of methoxy groups -OCH3 is 1. The first-order valence-corrected chi connectivity index (χ1v) is 9.89. The molecular formula is C21H27N5O2. The number of ether oxygens (including phenoxy) is 1. The molecule has 3 heterocycles. The SMILES string of the molecule is COc1cccc(CCC(=O)N2CCN(C3=NC=CN4CC(C)N=C34)CC2)c1. The summed E-state index contributed by atoms with van der Waals surface area (Å²) in [5.74, 6) is 2.95. The highest BCUT2D eigenvalue weighted by Gasteiger charge is 2.31. The molecule has 3 aliphatic heterocycles. The van der Waals surface area contributed by atoms with Crippen molar-refractivity contribution in [3.63, 3.8) is 0 Å². The molecular weight excluding hydrogens is 354 g/mol. The Morgan fingerprint density at radius 1 is 1.21 bits per heavy atom. The Balaban J connectivity index is 1.30. The fourth-order valence-electron chi connectivity index (χ4n) is 3.88. The number of rotatable bonds is 4. The van der Waals surface area contributed by atoms with Crippen LogP contribution in [0.2, 0.25) is 0 Å². The van der Waals surface area contributed by atoms with Crippen molar-refractivity contribution >= 4 is 17.6 Å². The first-order chi connectivity index (χ1) is 13.6. The van der Waals surface area contributed by atoms with E-state index < -0.39 is 0 Å². The number of nitrogens with zero attached hydrogens (tertiary/aromatic N) is 5. The molecule has 0 aliphatic carbocycles. The van der Waals surface area contributed by atoms with Crippen LogP contribution in [0.4, 0.5) is 0 Å². The predicted molar refractivity (Wildman–Crippen MR) is 110 cm³/mol. The first kappa shape index (κ1) is 18.5. The molecule has 1 atom stereocenters. The molecule has 28 heavy (non-hydrogen) atoms. The summed E-state index contributed by atoms with van der Waals surface area (Å²) in [5.41, 5.74) is 1.13. The lowest BCUT2D eigenvalue weighted by Crippen LogP contribution is -2.53. The van der Waals surface area contributed by atoms with Gasteiger partial charge in [-0.05, 0) is 31.0 Å². The third-order valence-corrected chi connectivity index (χ3v) is 5.41. The van der Waals surface area contributed by atoms with Gasteiger partial charge in [-0.1, -0.05) is 12.1 Å². The number of aliphatic imine (C=N–C) groups is 2. The summed E-state index contributed by atoms with van der Waals surface area (Å²) < 4.78 is 5.25. The zero-order valence-corrected chi connectivity index (χ0v) is 16.5. The molecule has 1 amide bonds. The summed E-state index contributed by atoms with van der Waals surface area (Å²) in [5, 5.41) is 0. The van der Waals surface area contributed by atoms with Gasteiger partial charge in [-0.2, -0.15) is 0 Å². The quantitative estimate of drug-likeness (QED) is 0.797. The molecule has 0 saturated carbocycles. The monoisotopic (exact) mass is 381 g/mol. The number of hydrogen-bond donors (Lipinski definition) is 0. The van der Waals surface area contributed by atoms with Crippen LogP contribution < -0.4 is 4.74 Å². The van der Waals surface area contributed by atoms with Crippen LogP contribution in [0.1, 0.15) is 18.9 Å². The Morgan fingerprint density at radius 2 is 2.04 bits per heavy atom. The van der Waals surface area contributed by atoms with Crippen molar-refractivity contribution in [3.05, 3.63) is 42.2 Å². The highest BCUT2D eigenvalue weighted by molar-refractivity contribution is 6.41. The van der Waals surface area contributed by atoms with Gasteiger partial charge in [-0.15, -0.1) is 0 Å². The molecule has 7 nitrogen and oxygen atoms in total. The van der Waals surface area contributed by atoms with Crippen molar-refractivity contribution in [1.82, 2.24) is 14.7 Å². The van der Waals surface area contributed by atoms with Gasteiger partial charge in [0.05, 0.1) is 13.2 Å². The van der Waals surface area contributed by atoms with E-state index in [1.54, 1.807) is 7.11 Å². The zero-order valence-electron chi connectivity index (χ0n) is 16.5. The van der Waals surface area contributed by atoms with Crippen molar-refractivity contribution < 1.29 is 9.53 Å². The molecule has 0 radical (unpaired) electrons. The molecule has 0 bridgehead atoms. The van der Waals surface area contributed by atoms with Gasteiger partial charge < -0.3 is 19.4 Å². The van der Waals surface area contributed by atoms with Gasteiger partial charge in [0.1, 0.15) is 5.75 Å². The normalized spacial score (nSPS) is 21.4. The topological polar surface area (TPSA) is 60.7 Å². The lowest BCUT2D eigenvalue weighted by molar-refractivity contribution is -0.132. The van der Waals surface area contributed by atoms with E-state index in [0.29, 0.717) is 12.5 Å². The average Bonchev–Trinajstić information content (AvgIpc) is 3.12. The van der Waals surface area contributed by atoms with E-state index in [-0.39, 0.29) is 5.91 Å². The maximum Gasteiger partial charge on any atom is 0.223 e. The molecule has 0 aromatic heterocycles. The summed E-state index contributed by atoms with van der Waals surface area (Å²) in [6.45, 7) is 6.06. The second kappa shape index (κ2) is 8.04. The Labute approximate surface area is 166 Å². The lowest BCUT2D eigenvalue weighted by atomic mass is 10.1. The van der Waals surface area contributed by atoms with Crippen molar-refractivity contribution in [3.8, 4) is 5.75 Å². The summed E-state index contributed by atoms with van der Waals surface area (Å²) in [6.07, 6.45) is 5.09. The van der Waals surface area contributed by atoms with E-state index >= 15 is 0 Å². The van der Waals surface area contributed by atoms with Gasteiger partial charge in [0.25, 0.3) is 0 Å². The Bertz CT molecular complexity index is 824. The second-order valence-electron chi connectivity index (χ2n) is 7.42. The van der Waals surface area contributed by atoms with Gasteiger partial charge in [0.2, 0.25) is 5.91 Å². The summed E-state index contributed by atoms with van der Waals surface area (Å²) >= 11 is 0. The van der Waals surface area contributed by atoms with Crippen molar-refractivity contribution in [2.75, 3.05) is 39.8 Å². The minimum Gasteiger partial charge on any atom is -0.497 e. The number of hydrogen-bond acceptors (Lipinski definition) is 6. The number of piperazine rings is 1. The number of carbonyl (C=O) groups is 1. The minimum atomic E-state index is 0.210. The molecule has 1 aromatic rings. The third kappa shape index (κ3) is 3.88. The van der Waals surface area contributed by atoms with Crippen LogP contribution in [-0.4, -0.2) is 78.2 Å². The molecule has 1 fully saturated rings. The Kier molecular flexibility index (Phi) is 5.32. The van der Waals surface area contributed by atoms with E-state index in [0.717, 1.165) is 62.1 Å². The van der Waals surface area contributed by atoms with Crippen LogP contribution in [0.3, 0.4) is 0 Å². The van der Waals surface area contributed by atoms with Crippen LogP contribution >= 0.6 is 0 Å². The molecule has 148 valence electrons. The molecule has 3 aliphatic rings. The molecule has 1 aromatic carbocycles. The van der Waals surface area contributed by atoms with Crippen LogP contribution in [0, 0.1) is 0 Å². The summed E-state index contributed by atoms with van der Waals surface area (Å²) in [7, 11) is 1.66. The largest absolute Gasteiger partial charge is 0.497 e. The zero-order chi connectivity index (χ0) is 19.5. The van der Waals surface area contributed by atoms with Gasteiger partial charge in [-0.25, -0.2) is 4.99 Å². The van der Waals surface area contributed by atoms with Crippen LogP contribution in [0.25, 0.3) is 0 Å². The van der Waals surface area contributed by atoms with Crippen LogP contribution in [0.15, 0.2) is 46.7 Å². The summed E-state index contributed by atoms with van der Waals surface area (Å²) in [6, 6.07) is 8.21. The Morgan fingerprint density at radius 3 is 2.82 bits per heavy atom. The van der Waals surface area contributed by atoms with Crippen LogP contribution in [-0.2, 0) is 11.2 Å². The smallest absolute Gasteiger partial charge is 0.223 e. The van der Waals surface area contributed by atoms with E-state index in [2.05, 4.69) is 21.7 Å². The number of benzene rings is 1. The molecule has 1 saturated heterocycles. The number of amides is 1. The number of amidine groups is 2. The first-order valence-electron chi connectivity index (χ1n) is 9.89. The minimum absolute atomic E-state index is 0.210. The van der Waals surface area contributed by atoms with Gasteiger partial charge in [-0.3, -0.25) is 9.79 Å². The lowest BCUT2D eigenvalue weighted by Gasteiger charge is -2.37. The van der Waals surface area contributed by atoms with Gasteiger partial charge >= 0.3 is 0 Å². The number of carbonyl (C=O) groups excluding carboxylic acids is 1. The van der Waals surface area contributed by atoms with Crippen LogP contribution in [0.5, 0.6) is 5.75 Å². The molecule has 7 heteroatoms. The maximum absolute atomic E-state index is 12.6. The standard InChI is InChI=1S/C21H27N5O2/c1-16-15-26-9-8-22-20(21(26)23-16)25-12-10-24(11-13-25)19(27)7-6-17-4-3-5-18(14-17)28-2/h3-5,8-9,14,16H,6-7,10-13,15H2,1-2H3. The number of fused-ring (bicyclic) bond motifs is 1. The second-order valence-corrected chi connectivity index (χ2v) is 7.42. The fraction of sp³-hybridized carbons (Fsp3) is 0.476. The van der Waals surface area contributed by atoms with E-state index in [9.17, 15) is 4.79 Å². The van der Waals surface area contributed by atoms with E-state index in [1.807, 2.05) is 41.6 Å². The van der Waals surface area contributed by atoms with E-state index in [1.165, 1.54) is 0 Å². The average molecular weight is 381 g/mol. The summed E-state index contributed by atoms with van der Waals surface area (Å²) in [4.78, 5) is 28.3. The molecule has 0 spiro atoms. The maximum atomic E-state index is 12.6. The molecule has 4 rings (SSSR count). The molecule has 0 N–H and O–H groups in total.